The van der Waals surface area contributed by atoms with Crippen molar-refractivity contribution in [3.05, 3.63) is 58.3 Å². The molecule has 1 saturated heterocycles. The van der Waals surface area contributed by atoms with E-state index in [-0.39, 0.29) is 11.5 Å². The Morgan fingerprint density at radius 3 is 2.50 bits per heavy atom. The van der Waals surface area contributed by atoms with Gasteiger partial charge in [-0.25, -0.2) is 4.98 Å². The third kappa shape index (κ3) is 4.03. The van der Waals surface area contributed by atoms with E-state index in [9.17, 15) is 10.1 Å². The van der Waals surface area contributed by atoms with Crippen LogP contribution in [0.25, 0.3) is 0 Å². The van der Waals surface area contributed by atoms with E-state index in [0.717, 1.165) is 34.6 Å². The summed E-state index contributed by atoms with van der Waals surface area (Å²) in [6.07, 6.45) is 1.47. The molecule has 30 heavy (non-hydrogen) atoms. The summed E-state index contributed by atoms with van der Waals surface area (Å²) in [5.74, 6) is 0.983. The van der Waals surface area contributed by atoms with E-state index in [1.165, 1.54) is 5.56 Å². The molecule has 6 heteroatoms. The Hall–Kier alpha value is -2.91. The third-order valence-corrected chi connectivity index (χ3v) is 6.12. The standard InChI is InChI=1S/C24H28N4O2/c1-17(29)27-9-11-28(12-10-27)23-20(15-25)19-14-24(2,3)30-16-21(19)22(26-23)13-18-7-5-4-6-8-18/h4-8H,9-14,16H2,1-3H3/p+1. The fraction of sp³-hybridized carbons (Fsp3) is 0.458. The number of nitrogens with one attached hydrogen (secondary N) is 1. The van der Waals surface area contributed by atoms with E-state index < -0.39 is 0 Å². The van der Waals surface area contributed by atoms with Gasteiger partial charge in [0.05, 0.1) is 25.3 Å². The van der Waals surface area contributed by atoms with Gasteiger partial charge in [0.1, 0.15) is 30.4 Å². The molecule has 2 aliphatic heterocycles. The number of nitrogens with zero attached hydrogens (tertiary/aromatic N) is 3. The number of aromatic amines is 1. The minimum atomic E-state index is -0.297. The zero-order valence-corrected chi connectivity index (χ0v) is 18.0. The lowest BCUT2D eigenvalue weighted by molar-refractivity contribution is -0.378. The molecule has 0 aliphatic carbocycles. The minimum Gasteiger partial charge on any atom is -0.370 e. The molecule has 0 atom stereocenters. The maximum Gasteiger partial charge on any atom is 0.293 e. The van der Waals surface area contributed by atoms with Crippen LogP contribution in [0.2, 0.25) is 0 Å². The molecule has 0 spiro atoms. The number of benzene rings is 1. The monoisotopic (exact) mass is 405 g/mol. The van der Waals surface area contributed by atoms with Crippen LogP contribution in [0, 0.1) is 11.3 Å². The van der Waals surface area contributed by atoms with Crippen LogP contribution in [0.1, 0.15) is 48.7 Å². The molecule has 1 aromatic carbocycles. The summed E-state index contributed by atoms with van der Waals surface area (Å²) in [6.45, 7) is 9.06. The van der Waals surface area contributed by atoms with Crippen LogP contribution < -0.4 is 9.88 Å². The summed E-state index contributed by atoms with van der Waals surface area (Å²) in [4.78, 5) is 19.4. The number of fused-ring (bicyclic) bond motifs is 1. The van der Waals surface area contributed by atoms with E-state index in [2.05, 4.69) is 41.9 Å². The van der Waals surface area contributed by atoms with Crippen LogP contribution >= 0.6 is 0 Å². The molecule has 1 aromatic heterocycles. The van der Waals surface area contributed by atoms with Crippen molar-refractivity contribution < 1.29 is 14.5 Å². The number of nitriles is 1. The fourth-order valence-electron chi connectivity index (χ4n) is 4.42. The first-order valence-corrected chi connectivity index (χ1v) is 10.6. The summed E-state index contributed by atoms with van der Waals surface area (Å²) in [5.41, 5.74) is 4.96. The molecule has 6 nitrogen and oxygen atoms in total. The highest BCUT2D eigenvalue weighted by Crippen LogP contribution is 2.34. The second-order valence-electron chi connectivity index (χ2n) is 8.78. The number of H-pyrrole nitrogens is 1. The van der Waals surface area contributed by atoms with Gasteiger partial charge >= 0.3 is 0 Å². The average Bonchev–Trinajstić information content (AvgIpc) is 2.73. The average molecular weight is 406 g/mol. The molecule has 2 aliphatic rings. The molecule has 0 radical (unpaired) electrons. The fourth-order valence-corrected chi connectivity index (χ4v) is 4.42. The highest BCUT2D eigenvalue weighted by molar-refractivity contribution is 5.73. The molecule has 2 aromatic rings. The van der Waals surface area contributed by atoms with Crippen LogP contribution in [0.15, 0.2) is 30.3 Å². The number of pyridine rings is 1. The molecule has 1 amide bonds. The first-order chi connectivity index (χ1) is 14.4. The molecule has 0 bridgehead atoms. The van der Waals surface area contributed by atoms with Crippen molar-refractivity contribution in [3.63, 3.8) is 0 Å². The van der Waals surface area contributed by atoms with Crippen molar-refractivity contribution >= 4 is 11.7 Å². The smallest absolute Gasteiger partial charge is 0.293 e. The van der Waals surface area contributed by atoms with Crippen molar-refractivity contribution in [1.82, 2.24) is 4.90 Å². The van der Waals surface area contributed by atoms with Gasteiger partial charge in [0, 0.05) is 25.3 Å². The number of amides is 1. The summed E-state index contributed by atoms with van der Waals surface area (Å²) in [7, 11) is 0. The number of hydrogen-bond donors (Lipinski definition) is 0. The van der Waals surface area contributed by atoms with Gasteiger partial charge in [0.25, 0.3) is 5.82 Å². The normalized spacial score (nSPS) is 17.9. The molecule has 3 heterocycles. The molecule has 1 N–H and O–H groups in total. The summed E-state index contributed by atoms with van der Waals surface area (Å²) in [6, 6.07) is 12.8. The Labute approximate surface area is 178 Å². The van der Waals surface area contributed by atoms with Gasteiger partial charge in [-0.2, -0.15) is 5.26 Å². The second kappa shape index (κ2) is 8.08. The number of rotatable bonds is 3. The van der Waals surface area contributed by atoms with Crippen molar-refractivity contribution in [1.29, 1.82) is 5.26 Å². The van der Waals surface area contributed by atoms with Gasteiger partial charge in [-0.1, -0.05) is 30.3 Å². The van der Waals surface area contributed by atoms with Crippen molar-refractivity contribution in [2.75, 3.05) is 31.1 Å². The summed E-state index contributed by atoms with van der Waals surface area (Å²) >= 11 is 0. The number of ether oxygens (including phenoxy) is 1. The maximum absolute atomic E-state index is 11.7. The molecule has 4 rings (SSSR count). The van der Waals surface area contributed by atoms with Crippen LogP contribution in [-0.2, 0) is 29.0 Å². The largest absolute Gasteiger partial charge is 0.370 e. The number of carbonyl (C=O) groups excluding carboxylic acids is 1. The predicted octanol–water partition coefficient (Wildman–Crippen LogP) is 2.48. The molecular weight excluding hydrogens is 376 g/mol. The third-order valence-electron chi connectivity index (χ3n) is 6.12. The van der Waals surface area contributed by atoms with Gasteiger partial charge in [-0.05, 0) is 25.0 Å². The SMILES string of the molecule is CC(=O)N1CCN(c2[nH+]c(Cc3ccccc3)c3c(c2C#N)CC(C)(C)OC3)CC1. The lowest BCUT2D eigenvalue weighted by atomic mass is 9.87. The van der Waals surface area contributed by atoms with Crippen molar-refractivity contribution in [2.24, 2.45) is 0 Å². The molecule has 0 unspecified atom stereocenters. The number of aromatic nitrogens is 1. The molecule has 1 fully saturated rings. The molecular formula is C24H29N4O2+. The highest BCUT2D eigenvalue weighted by atomic mass is 16.5. The van der Waals surface area contributed by atoms with Crippen LogP contribution in [-0.4, -0.2) is 42.6 Å². The van der Waals surface area contributed by atoms with Gasteiger partial charge in [-0.3, -0.25) is 9.69 Å². The molecule has 156 valence electrons. The maximum atomic E-state index is 11.7. The zero-order valence-electron chi connectivity index (χ0n) is 18.0. The number of hydrogen-bond acceptors (Lipinski definition) is 4. The second-order valence-corrected chi connectivity index (χ2v) is 8.78. The van der Waals surface area contributed by atoms with Gasteiger partial charge in [0.15, 0.2) is 0 Å². The molecule has 0 saturated carbocycles. The number of piperazine rings is 1. The minimum absolute atomic E-state index is 0.105. The Kier molecular flexibility index (Phi) is 5.48. The van der Waals surface area contributed by atoms with Gasteiger partial charge in [-0.15, -0.1) is 0 Å². The topological polar surface area (TPSA) is 70.7 Å². The number of anilines is 1. The predicted molar refractivity (Wildman–Crippen MR) is 114 cm³/mol. The van der Waals surface area contributed by atoms with E-state index in [4.69, 9.17) is 4.74 Å². The summed E-state index contributed by atoms with van der Waals surface area (Å²) in [5, 5.41) is 10.1. The van der Waals surface area contributed by atoms with Crippen LogP contribution in [0.5, 0.6) is 0 Å². The first-order valence-electron chi connectivity index (χ1n) is 10.6. The van der Waals surface area contributed by atoms with E-state index in [1.807, 2.05) is 23.1 Å². The van der Waals surface area contributed by atoms with Gasteiger partial charge in [0.2, 0.25) is 5.91 Å². The van der Waals surface area contributed by atoms with E-state index in [1.54, 1.807) is 6.92 Å². The van der Waals surface area contributed by atoms with E-state index in [0.29, 0.717) is 39.2 Å². The number of carbonyl (C=O) groups is 1. The van der Waals surface area contributed by atoms with Crippen LogP contribution in [0.3, 0.4) is 0 Å². The highest BCUT2D eigenvalue weighted by Gasteiger charge is 2.36. The quantitative estimate of drug-likeness (QED) is 0.787. The Morgan fingerprint density at radius 2 is 1.87 bits per heavy atom. The lowest BCUT2D eigenvalue weighted by Crippen LogP contribution is -2.50. The Morgan fingerprint density at radius 1 is 1.17 bits per heavy atom. The Bertz CT molecular complexity index is 987. The van der Waals surface area contributed by atoms with Crippen LogP contribution in [0.4, 0.5) is 5.82 Å². The van der Waals surface area contributed by atoms with Crippen molar-refractivity contribution in [3.8, 4) is 6.07 Å². The summed E-state index contributed by atoms with van der Waals surface area (Å²) < 4.78 is 6.11. The first kappa shape index (κ1) is 20.4. The Balaban J connectivity index is 1.77. The van der Waals surface area contributed by atoms with E-state index >= 15 is 0 Å². The lowest BCUT2D eigenvalue weighted by Gasteiger charge is -2.34. The van der Waals surface area contributed by atoms with Gasteiger partial charge < -0.3 is 9.64 Å². The zero-order chi connectivity index (χ0) is 21.3. The van der Waals surface area contributed by atoms with Crippen molar-refractivity contribution in [2.45, 2.75) is 45.8 Å².